The van der Waals surface area contributed by atoms with Crippen molar-refractivity contribution in [2.75, 3.05) is 5.33 Å². The van der Waals surface area contributed by atoms with Crippen LogP contribution in [0.2, 0.25) is 0 Å². The number of hydrogen-bond donors (Lipinski definition) is 0. The predicted molar refractivity (Wildman–Crippen MR) is 74.7 cm³/mol. The van der Waals surface area contributed by atoms with E-state index in [2.05, 4.69) is 43.6 Å². The third-order valence-electron chi connectivity index (χ3n) is 3.32. The Kier molecular flexibility index (Phi) is 8.89. The standard InChI is InChI=1S/C14H29Br/c1-5-6-7-8-9-10-11-13(12-15)14(2,3)4/h13H,5-12H2,1-4H3. The lowest BCUT2D eigenvalue weighted by molar-refractivity contribution is 0.247. The van der Waals surface area contributed by atoms with Gasteiger partial charge in [0.1, 0.15) is 0 Å². The van der Waals surface area contributed by atoms with Gasteiger partial charge in [0.05, 0.1) is 0 Å². The first kappa shape index (κ1) is 15.5. The van der Waals surface area contributed by atoms with Gasteiger partial charge in [-0.05, 0) is 17.8 Å². The molecule has 0 aromatic rings. The van der Waals surface area contributed by atoms with Crippen molar-refractivity contribution in [3.63, 3.8) is 0 Å². The topological polar surface area (TPSA) is 0 Å². The van der Waals surface area contributed by atoms with Gasteiger partial charge in [-0.25, -0.2) is 0 Å². The first-order valence-corrected chi connectivity index (χ1v) is 7.70. The highest BCUT2D eigenvalue weighted by Gasteiger charge is 2.22. The molecule has 1 unspecified atom stereocenters. The van der Waals surface area contributed by atoms with Gasteiger partial charge in [0, 0.05) is 5.33 Å². The molecule has 0 spiro atoms. The van der Waals surface area contributed by atoms with Crippen LogP contribution in [0.1, 0.15) is 72.6 Å². The van der Waals surface area contributed by atoms with Crippen LogP contribution < -0.4 is 0 Å². The minimum Gasteiger partial charge on any atom is -0.0925 e. The molecule has 0 nitrogen and oxygen atoms in total. The van der Waals surface area contributed by atoms with Crippen molar-refractivity contribution in [1.29, 1.82) is 0 Å². The summed E-state index contributed by atoms with van der Waals surface area (Å²) in [5.74, 6) is 0.837. The number of unbranched alkanes of at least 4 members (excludes halogenated alkanes) is 5. The molecule has 92 valence electrons. The molecule has 0 aliphatic carbocycles. The molecule has 0 amide bonds. The first-order valence-electron chi connectivity index (χ1n) is 6.58. The second-order valence-corrected chi connectivity index (χ2v) is 6.42. The van der Waals surface area contributed by atoms with Crippen LogP contribution >= 0.6 is 15.9 Å². The Bertz CT molecular complexity index is 135. The lowest BCUT2D eigenvalue weighted by Crippen LogP contribution is -2.21. The number of alkyl halides is 1. The molecule has 0 aromatic heterocycles. The molecule has 1 atom stereocenters. The largest absolute Gasteiger partial charge is 0.0925 e. The molecule has 15 heavy (non-hydrogen) atoms. The Labute approximate surface area is 105 Å². The van der Waals surface area contributed by atoms with Crippen LogP contribution in [-0.4, -0.2) is 5.33 Å². The number of rotatable bonds is 8. The van der Waals surface area contributed by atoms with Crippen molar-refractivity contribution >= 4 is 15.9 Å². The molecule has 0 saturated heterocycles. The molecule has 0 aliphatic rings. The summed E-state index contributed by atoms with van der Waals surface area (Å²) in [4.78, 5) is 0. The highest BCUT2D eigenvalue weighted by atomic mass is 79.9. The van der Waals surface area contributed by atoms with E-state index in [1.807, 2.05) is 0 Å². The Morgan fingerprint density at radius 1 is 0.933 bits per heavy atom. The van der Waals surface area contributed by atoms with E-state index in [0.29, 0.717) is 5.41 Å². The molecule has 0 fully saturated rings. The monoisotopic (exact) mass is 276 g/mol. The average molecular weight is 277 g/mol. The first-order chi connectivity index (χ1) is 7.02. The van der Waals surface area contributed by atoms with Gasteiger partial charge < -0.3 is 0 Å². The van der Waals surface area contributed by atoms with E-state index >= 15 is 0 Å². The molecule has 0 N–H and O–H groups in total. The summed E-state index contributed by atoms with van der Waals surface area (Å²) >= 11 is 3.65. The van der Waals surface area contributed by atoms with Crippen LogP contribution in [0.4, 0.5) is 0 Å². The van der Waals surface area contributed by atoms with E-state index < -0.39 is 0 Å². The quantitative estimate of drug-likeness (QED) is 0.389. The highest BCUT2D eigenvalue weighted by molar-refractivity contribution is 9.09. The van der Waals surface area contributed by atoms with E-state index in [0.717, 1.165) is 11.2 Å². The van der Waals surface area contributed by atoms with Crippen molar-refractivity contribution in [1.82, 2.24) is 0 Å². The number of halogens is 1. The summed E-state index contributed by atoms with van der Waals surface area (Å²) in [5, 5.41) is 1.16. The van der Waals surface area contributed by atoms with Crippen molar-refractivity contribution in [2.45, 2.75) is 72.6 Å². The molecule has 0 rings (SSSR count). The Balaban J connectivity index is 3.48. The van der Waals surface area contributed by atoms with Gasteiger partial charge in [-0.3, -0.25) is 0 Å². The fraction of sp³-hybridized carbons (Fsp3) is 1.00. The molecular weight excluding hydrogens is 248 g/mol. The average Bonchev–Trinajstić information content (AvgIpc) is 2.15. The van der Waals surface area contributed by atoms with Crippen LogP contribution in [0.3, 0.4) is 0 Å². The van der Waals surface area contributed by atoms with Crippen LogP contribution in [-0.2, 0) is 0 Å². The van der Waals surface area contributed by atoms with Gasteiger partial charge in [0.15, 0.2) is 0 Å². The summed E-state index contributed by atoms with van der Waals surface area (Å²) in [7, 11) is 0. The van der Waals surface area contributed by atoms with E-state index in [4.69, 9.17) is 0 Å². The van der Waals surface area contributed by atoms with Crippen molar-refractivity contribution in [3.8, 4) is 0 Å². The van der Waals surface area contributed by atoms with Crippen molar-refractivity contribution in [2.24, 2.45) is 11.3 Å². The zero-order chi connectivity index (χ0) is 11.7. The van der Waals surface area contributed by atoms with Crippen LogP contribution in [0.5, 0.6) is 0 Å². The maximum Gasteiger partial charge on any atom is 0.00646 e. The van der Waals surface area contributed by atoms with Crippen LogP contribution in [0, 0.1) is 11.3 Å². The van der Waals surface area contributed by atoms with E-state index in [1.165, 1.54) is 44.9 Å². The fourth-order valence-corrected chi connectivity index (χ4v) is 3.21. The second kappa shape index (κ2) is 8.61. The van der Waals surface area contributed by atoms with Crippen molar-refractivity contribution in [3.05, 3.63) is 0 Å². The molecule has 1 heteroatoms. The smallest absolute Gasteiger partial charge is 0.00646 e. The van der Waals surface area contributed by atoms with Gasteiger partial charge in [0.25, 0.3) is 0 Å². The Morgan fingerprint density at radius 2 is 1.47 bits per heavy atom. The summed E-state index contributed by atoms with van der Waals surface area (Å²) < 4.78 is 0. The normalized spacial score (nSPS) is 14.2. The van der Waals surface area contributed by atoms with E-state index in [9.17, 15) is 0 Å². The predicted octanol–water partition coefficient (Wildman–Crippen LogP) is 5.79. The van der Waals surface area contributed by atoms with Gasteiger partial charge >= 0.3 is 0 Å². The van der Waals surface area contributed by atoms with Gasteiger partial charge in [-0.15, -0.1) is 0 Å². The van der Waals surface area contributed by atoms with Crippen LogP contribution in [0.15, 0.2) is 0 Å². The summed E-state index contributed by atoms with van der Waals surface area (Å²) in [6.07, 6.45) is 9.88. The molecule has 0 saturated carbocycles. The van der Waals surface area contributed by atoms with E-state index in [1.54, 1.807) is 0 Å². The molecule has 0 aromatic carbocycles. The molecule has 0 radical (unpaired) electrons. The van der Waals surface area contributed by atoms with Crippen LogP contribution in [0.25, 0.3) is 0 Å². The maximum atomic E-state index is 3.65. The molecule has 0 bridgehead atoms. The molecule has 0 heterocycles. The molecule has 0 aliphatic heterocycles. The second-order valence-electron chi connectivity index (χ2n) is 5.77. The lowest BCUT2D eigenvalue weighted by Gasteiger charge is -2.29. The third kappa shape index (κ3) is 8.30. The SMILES string of the molecule is CCCCCCCCC(CBr)C(C)(C)C. The summed E-state index contributed by atoms with van der Waals surface area (Å²) in [6, 6.07) is 0. The third-order valence-corrected chi connectivity index (χ3v) is 4.10. The van der Waals surface area contributed by atoms with E-state index in [-0.39, 0.29) is 0 Å². The minimum atomic E-state index is 0.465. The minimum absolute atomic E-state index is 0.465. The van der Waals surface area contributed by atoms with Gasteiger partial charge in [-0.1, -0.05) is 82.1 Å². The lowest BCUT2D eigenvalue weighted by atomic mass is 9.79. The van der Waals surface area contributed by atoms with Crippen molar-refractivity contribution < 1.29 is 0 Å². The number of hydrogen-bond acceptors (Lipinski definition) is 0. The zero-order valence-electron chi connectivity index (χ0n) is 11.1. The highest BCUT2D eigenvalue weighted by Crippen LogP contribution is 2.31. The fourth-order valence-electron chi connectivity index (χ4n) is 1.91. The van der Waals surface area contributed by atoms with Gasteiger partial charge in [-0.2, -0.15) is 0 Å². The Morgan fingerprint density at radius 3 is 1.93 bits per heavy atom. The summed E-state index contributed by atoms with van der Waals surface area (Å²) in [5.41, 5.74) is 0.465. The summed E-state index contributed by atoms with van der Waals surface area (Å²) in [6.45, 7) is 9.35. The zero-order valence-corrected chi connectivity index (χ0v) is 12.7. The molecular formula is C14H29Br. The van der Waals surface area contributed by atoms with Gasteiger partial charge in [0.2, 0.25) is 0 Å². The Hall–Kier alpha value is 0.480. The maximum absolute atomic E-state index is 3.65.